The van der Waals surface area contributed by atoms with Crippen LogP contribution in [0.15, 0.2) is 54.9 Å². The second-order valence-electron chi connectivity index (χ2n) is 6.42. The van der Waals surface area contributed by atoms with Gasteiger partial charge in [0.2, 0.25) is 5.91 Å². The number of aromatic nitrogens is 4. The third kappa shape index (κ3) is 2.38. The number of anilines is 1. The number of imidazole rings is 2. The minimum Gasteiger partial charge on any atom is -0.345 e. The summed E-state index contributed by atoms with van der Waals surface area (Å²) >= 11 is 0. The van der Waals surface area contributed by atoms with Crippen molar-refractivity contribution in [1.29, 1.82) is 0 Å². The number of carbonyl (C=O) groups excluding carboxylic acids is 1. The zero-order chi connectivity index (χ0) is 17.5. The number of fused-ring (bicyclic) bond motifs is 1. The standard InChI is InChI=1S/C20H17N5O/c26-18-6-3-11-25(18)13-7-8-16-17(12-13)24-20(23-16)15-5-2-1-4-14(15)19-21-9-10-22-19/h1-2,4-5,7-10,12H,3,6,11H2,(H,21,22)(H,23,24). The Bertz CT molecular complexity index is 1100. The minimum absolute atomic E-state index is 0.184. The van der Waals surface area contributed by atoms with Crippen molar-refractivity contribution in [3.8, 4) is 22.8 Å². The summed E-state index contributed by atoms with van der Waals surface area (Å²) in [6.45, 7) is 0.781. The number of amides is 1. The molecule has 0 saturated carbocycles. The normalized spacial score (nSPS) is 14.5. The quantitative estimate of drug-likeness (QED) is 0.595. The molecule has 1 aliphatic heterocycles. The van der Waals surface area contributed by atoms with Crippen molar-refractivity contribution in [2.45, 2.75) is 12.8 Å². The summed E-state index contributed by atoms with van der Waals surface area (Å²) in [5.74, 6) is 1.78. The van der Waals surface area contributed by atoms with E-state index in [1.165, 1.54) is 0 Å². The van der Waals surface area contributed by atoms with Gasteiger partial charge in [-0.1, -0.05) is 24.3 Å². The highest BCUT2D eigenvalue weighted by Crippen LogP contribution is 2.31. The van der Waals surface area contributed by atoms with Gasteiger partial charge >= 0.3 is 0 Å². The van der Waals surface area contributed by atoms with Crippen molar-refractivity contribution in [1.82, 2.24) is 19.9 Å². The molecule has 26 heavy (non-hydrogen) atoms. The first-order valence-corrected chi connectivity index (χ1v) is 8.69. The first kappa shape index (κ1) is 14.9. The van der Waals surface area contributed by atoms with Gasteiger partial charge in [0.05, 0.1) is 11.0 Å². The Labute approximate surface area is 149 Å². The highest BCUT2D eigenvalue weighted by atomic mass is 16.2. The lowest BCUT2D eigenvalue weighted by atomic mass is 10.1. The predicted octanol–water partition coefficient (Wildman–Crippen LogP) is 3.75. The van der Waals surface area contributed by atoms with Crippen LogP contribution >= 0.6 is 0 Å². The smallest absolute Gasteiger partial charge is 0.227 e. The third-order valence-electron chi connectivity index (χ3n) is 4.79. The number of rotatable bonds is 3. The van der Waals surface area contributed by atoms with Crippen molar-refractivity contribution >= 4 is 22.6 Å². The Balaban J connectivity index is 1.60. The predicted molar refractivity (Wildman–Crippen MR) is 101 cm³/mol. The molecule has 1 fully saturated rings. The number of aromatic amines is 2. The molecule has 128 valence electrons. The SMILES string of the molecule is O=C1CCCN1c1ccc2[nH]c(-c3ccccc3-c3ncc[nH]3)nc2c1. The fourth-order valence-electron chi connectivity index (χ4n) is 3.52. The van der Waals surface area contributed by atoms with Crippen molar-refractivity contribution in [3.63, 3.8) is 0 Å². The van der Waals surface area contributed by atoms with E-state index in [9.17, 15) is 4.79 Å². The van der Waals surface area contributed by atoms with Crippen LogP contribution in [0.5, 0.6) is 0 Å². The monoisotopic (exact) mass is 343 g/mol. The minimum atomic E-state index is 0.184. The molecule has 2 N–H and O–H groups in total. The van der Waals surface area contributed by atoms with Crippen molar-refractivity contribution in [3.05, 3.63) is 54.9 Å². The van der Waals surface area contributed by atoms with Crippen LogP contribution in [0.4, 0.5) is 5.69 Å². The van der Waals surface area contributed by atoms with Crippen LogP contribution in [-0.4, -0.2) is 32.4 Å². The van der Waals surface area contributed by atoms with Gasteiger partial charge in [0.15, 0.2) is 0 Å². The number of carbonyl (C=O) groups is 1. The molecule has 1 amide bonds. The number of benzene rings is 2. The fraction of sp³-hybridized carbons (Fsp3) is 0.150. The molecule has 0 unspecified atom stereocenters. The van der Waals surface area contributed by atoms with Gasteiger partial charge in [0.25, 0.3) is 0 Å². The molecule has 2 aromatic carbocycles. The number of hydrogen-bond acceptors (Lipinski definition) is 3. The highest BCUT2D eigenvalue weighted by Gasteiger charge is 2.22. The van der Waals surface area contributed by atoms with Crippen LogP contribution in [-0.2, 0) is 4.79 Å². The third-order valence-corrected chi connectivity index (χ3v) is 4.79. The first-order valence-electron chi connectivity index (χ1n) is 8.69. The van der Waals surface area contributed by atoms with Crippen LogP contribution in [0.2, 0.25) is 0 Å². The molecule has 6 heteroatoms. The van der Waals surface area contributed by atoms with Gasteiger partial charge in [0, 0.05) is 42.2 Å². The first-order chi connectivity index (χ1) is 12.8. The Morgan fingerprint density at radius 1 is 1.04 bits per heavy atom. The van der Waals surface area contributed by atoms with Crippen LogP contribution in [0.3, 0.4) is 0 Å². The fourth-order valence-corrected chi connectivity index (χ4v) is 3.52. The Morgan fingerprint density at radius 2 is 1.88 bits per heavy atom. The molecule has 2 aromatic heterocycles. The highest BCUT2D eigenvalue weighted by molar-refractivity contribution is 5.97. The lowest BCUT2D eigenvalue weighted by Gasteiger charge is -2.15. The molecule has 4 aromatic rings. The molecule has 0 aliphatic carbocycles. The van der Waals surface area contributed by atoms with Crippen molar-refractivity contribution in [2.75, 3.05) is 11.4 Å². The van der Waals surface area contributed by atoms with Gasteiger partial charge in [0.1, 0.15) is 11.6 Å². The Hall–Kier alpha value is -3.41. The van der Waals surface area contributed by atoms with Gasteiger partial charge < -0.3 is 14.9 Å². The summed E-state index contributed by atoms with van der Waals surface area (Å²) in [5, 5.41) is 0. The van der Waals surface area contributed by atoms with E-state index >= 15 is 0 Å². The molecule has 6 nitrogen and oxygen atoms in total. The van der Waals surface area contributed by atoms with Crippen LogP contribution < -0.4 is 4.90 Å². The van der Waals surface area contributed by atoms with E-state index in [0.717, 1.165) is 52.5 Å². The molecule has 1 saturated heterocycles. The molecule has 1 aliphatic rings. The average Bonchev–Trinajstić information content (AvgIpc) is 3.41. The van der Waals surface area contributed by atoms with E-state index < -0.39 is 0 Å². The van der Waals surface area contributed by atoms with Gasteiger partial charge in [-0.15, -0.1) is 0 Å². The van der Waals surface area contributed by atoms with E-state index in [-0.39, 0.29) is 5.91 Å². The summed E-state index contributed by atoms with van der Waals surface area (Å²) in [6.07, 6.45) is 5.09. The molecule has 0 spiro atoms. The summed E-state index contributed by atoms with van der Waals surface area (Å²) in [7, 11) is 0. The van der Waals surface area contributed by atoms with Gasteiger partial charge in [-0.25, -0.2) is 9.97 Å². The second kappa shape index (κ2) is 5.84. The molecular formula is C20H17N5O. The topological polar surface area (TPSA) is 77.7 Å². The second-order valence-corrected chi connectivity index (χ2v) is 6.42. The maximum atomic E-state index is 12.0. The molecule has 5 rings (SSSR count). The van der Waals surface area contributed by atoms with Gasteiger partial charge in [-0.3, -0.25) is 4.79 Å². The van der Waals surface area contributed by atoms with Crippen molar-refractivity contribution in [2.24, 2.45) is 0 Å². The largest absolute Gasteiger partial charge is 0.345 e. The lowest BCUT2D eigenvalue weighted by molar-refractivity contribution is -0.117. The lowest BCUT2D eigenvalue weighted by Crippen LogP contribution is -2.23. The maximum Gasteiger partial charge on any atom is 0.227 e. The van der Waals surface area contributed by atoms with Crippen LogP contribution in [0.1, 0.15) is 12.8 Å². The number of H-pyrrole nitrogens is 2. The summed E-state index contributed by atoms with van der Waals surface area (Å²) < 4.78 is 0. The molecule has 0 radical (unpaired) electrons. The Kier molecular flexibility index (Phi) is 3.35. The van der Waals surface area contributed by atoms with Crippen LogP contribution in [0.25, 0.3) is 33.8 Å². The number of nitrogens with zero attached hydrogens (tertiary/aromatic N) is 3. The number of hydrogen-bond donors (Lipinski definition) is 2. The van der Waals surface area contributed by atoms with Gasteiger partial charge in [-0.05, 0) is 24.6 Å². The zero-order valence-electron chi connectivity index (χ0n) is 14.1. The van der Waals surface area contributed by atoms with E-state index in [4.69, 9.17) is 4.98 Å². The zero-order valence-corrected chi connectivity index (χ0v) is 14.1. The average molecular weight is 343 g/mol. The number of nitrogens with one attached hydrogen (secondary N) is 2. The summed E-state index contributed by atoms with van der Waals surface area (Å²) in [4.78, 5) is 29.5. The molecule has 0 atom stereocenters. The van der Waals surface area contributed by atoms with E-state index in [2.05, 4.69) is 15.0 Å². The summed E-state index contributed by atoms with van der Waals surface area (Å²) in [5.41, 5.74) is 4.69. The molecular weight excluding hydrogens is 326 g/mol. The van der Waals surface area contributed by atoms with E-state index in [1.54, 1.807) is 6.20 Å². The molecule has 3 heterocycles. The van der Waals surface area contributed by atoms with Crippen molar-refractivity contribution < 1.29 is 4.79 Å². The Morgan fingerprint density at radius 3 is 2.62 bits per heavy atom. The van der Waals surface area contributed by atoms with Gasteiger partial charge in [-0.2, -0.15) is 0 Å². The maximum absolute atomic E-state index is 12.0. The molecule has 0 bridgehead atoms. The van der Waals surface area contributed by atoms with Crippen LogP contribution in [0, 0.1) is 0 Å². The van der Waals surface area contributed by atoms with E-state index in [1.807, 2.05) is 53.6 Å². The summed E-state index contributed by atoms with van der Waals surface area (Å²) in [6, 6.07) is 14.0. The van der Waals surface area contributed by atoms with E-state index in [0.29, 0.717) is 6.42 Å².